The average molecular weight is 274 g/mol. The van der Waals surface area contributed by atoms with Crippen molar-refractivity contribution in [3.05, 3.63) is 27.7 Å². The molecule has 0 aliphatic heterocycles. The van der Waals surface area contributed by atoms with Gasteiger partial charge < -0.3 is 9.94 Å². The lowest BCUT2D eigenvalue weighted by atomic mass is 10.0. The van der Waals surface area contributed by atoms with Crippen LogP contribution in [0.2, 0.25) is 0 Å². The van der Waals surface area contributed by atoms with E-state index in [9.17, 15) is 0 Å². The Bertz CT molecular complexity index is 340. The van der Waals surface area contributed by atoms with Crippen molar-refractivity contribution >= 4 is 15.9 Å². The average Bonchev–Trinajstić information content (AvgIpc) is 2.17. The van der Waals surface area contributed by atoms with Gasteiger partial charge in [-0.3, -0.25) is 0 Å². The molecule has 0 heterocycles. The first kappa shape index (κ1) is 12.5. The molecule has 1 rings (SSSR count). The summed E-state index contributed by atoms with van der Waals surface area (Å²) in [6.07, 6.45) is 0. The first-order valence-corrected chi connectivity index (χ1v) is 5.62. The number of methoxy groups -OCH3 is 1. The van der Waals surface area contributed by atoms with Gasteiger partial charge in [-0.15, -0.1) is 0 Å². The third kappa shape index (κ3) is 2.93. The van der Waals surface area contributed by atoms with Gasteiger partial charge in [0.05, 0.1) is 11.6 Å². The number of nitrogens with one attached hydrogen (secondary N) is 1. The molecule has 0 radical (unpaired) electrons. The van der Waals surface area contributed by atoms with E-state index in [1.54, 1.807) is 7.11 Å². The summed E-state index contributed by atoms with van der Waals surface area (Å²) < 4.78 is 6.18. The Morgan fingerprint density at radius 3 is 2.60 bits per heavy atom. The maximum Gasteiger partial charge on any atom is 0.137 e. The Kier molecular flexibility index (Phi) is 4.57. The van der Waals surface area contributed by atoms with E-state index in [0.29, 0.717) is 12.5 Å². The molecule has 0 amide bonds. The fourth-order valence-electron chi connectivity index (χ4n) is 1.45. The molecule has 1 aromatic carbocycles. The van der Waals surface area contributed by atoms with Crippen molar-refractivity contribution in [1.82, 2.24) is 5.48 Å². The first-order valence-electron chi connectivity index (χ1n) is 4.83. The summed E-state index contributed by atoms with van der Waals surface area (Å²) in [4.78, 5) is 0. The summed E-state index contributed by atoms with van der Waals surface area (Å²) in [5, 5.41) is 8.74. The molecule has 15 heavy (non-hydrogen) atoms. The van der Waals surface area contributed by atoms with Crippen molar-refractivity contribution in [3.63, 3.8) is 0 Å². The molecule has 0 saturated heterocycles. The van der Waals surface area contributed by atoms with Crippen LogP contribution in [0.25, 0.3) is 0 Å². The minimum atomic E-state index is 0.377. The molecule has 0 fully saturated rings. The second-order valence-corrected chi connectivity index (χ2v) is 4.54. The number of hydroxylamine groups is 1. The lowest BCUT2D eigenvalue weighted by Crippen LogP contribution is -2.08. The van der Waals surface area contributed by atoms with Crippen LogP contribution < -0.4 is 10.2 Å². The van der Waals surface area contributed by atoms with Crippen molar-refractivity contribution in [2.45, 2.75) is 26.3 Å². The molecule has 0 aromatic heterocycles. The largest absolute Gasteiger partial charge is 0.495 e. The van der Waals surface area contributed by atoms with Gasteiger partial charge in [0.1, 0.15) is 5.75 Å². The quantitative estimate of drug-likeness (QED) is 0.829. The summed E-state index contributed by atoms with van der Waals surface area (Å²) in [7, 11) is 1.62. The van der Waals surface area contributed by atoms with Crippen LogP contribution >= 0.6 is 15.9 Å². The van der Waals surface area contributed by atoms with Crippen molar-refractivity contribution in [3.8, 4) is 5.75 Å². The van der Waals surface area contributed by atoms with Crippen LogP contribution in [0.1, 0.15) is 30.9 Å². The molecule has 0 bridgehead atoms. The molecular formula is C11H16BrNO2. The summed E-state index contributed by atoms with van der Waals surface area (Å²) >= 11 is 3.46. The zero-order valence-electron chi connectivity index (χ0n) is 9.17. The van der Waals surface area contributed by atoms with Gasteiger partial charge in [0.15, 0.2) is 0 Å². The molecule has 3 nitrogen and oxygen atoms in total. The van der Waals surface area contributed by atoms with Gasteiger partial charge in [-0.2, -0.15) is 0 Å². The van der Waals surface area contributed by atoms with Crippen LogP contribution in [0.15, 0.2) is 16.6 Å². The van der Waals surface area contributed by atoms with Gasteiger partial charge >= 0.3 is 0 Å². The standard InChI is InChI=1S/C11H16BrNO2/c1-7(2)8-4-9(6-13-14)11(15-3)10(12)5-8/h4-5,7,13-14H,6H2,1-3H3. The summed E-state index contributed by atoms with van der Waals surface area (Å²) in [6.45, 7) is 4.64. The Labute approximate surface area is 98.5 Å². The highest BCUT2D eigenvalue weighted by Gasteiger charge is 2.11. The number of ether oxygens (including phenoxy) is 1. The van der Waals surface area contributed by atoms with E-state index in [1.807, 2.05) is 12.1 Å². The van der Waals surface area contributed by atoms with E-state index < -0.39 is 0 Å². The molecule has 0 unspecified atom stereocenters. The lowest BCUT2D eigenvalue weighted by molar-refractivity contribution is 0.160. The molecule has 0 aliphatic rings. The zero-order chi connectivity index (χ0) is 11.4. The van der Waals surface area contributed by atoms with Crippen molar-refractivity contribution in [1.29, 1.82) is 0 Å². The van der Waals surface area contributed by atoms with E-state index in [0.717, 1.165) is 15.8 Å². The van der Waals surface area contributed by atoms with Crippen LogP contribution in [-0.4, -0.2) is 12.3 Å². The Hall–Kier alpha value is -0.580. The summed E-state index contributed by atoms with van der Waals surface area (Å²) in [5.74, 6) is 1.21. The number of hydrogen-bond acceptors (Lipinski definition) is 3. The zero-order valence-corrected chi connectivity index (χ0v) is 10.8. The van der Waals surface area contributed by atoms with E-state index in [2.05, 4.69) is 35.3 Å². The fourth-order valence-corrected chi connectivity index (χ4v) is 2.13. The Morgan fingerprint density at radius 2 is 2.13 bits per heavy atom. The van der Waals surface area contributed by atoms with Crippen molar-refractivity contribution in [2.24, 2.45) is 0 Å². The Morgan fingerprint density at radius 1 is 1.47 bits per heavy atom. The molecular weight excluding hydrogens is 258 g/mol. The van der Waals surface area contributed by atoms with Crippen molar-refractivity contribution < 1.29 is 9.94 Å². The van der Waals surface area contributed by atoms with Gasteiger partial charge in [-0.25, -0.2) is 5.48 Å². The lowest BCUT2D eigenvalue weighted by Gasteiger charge is -2.14. The minimum absolute atomic E-state index is 0.377. The molecule has 0 atom stereocenters. The van der Waals surface area contributed by atoms with Crippen LogP contribution in [0.3, 0.4) is 0 Å². The van der Waals surface area contributed by atoms with Crippen LogP contribution in [0, 0.1) is 0 Å². The summed E-state index contributed by atoms with van der Waals surface area (Å²) in [6, 6.07) is 4.09. The van der Waals surface area contributed by atoms with Gasteiger partial charge in [0.2, 0.25) is 0 Å². The maximum atomic E-state index is 8.74. The Balaban J connectivity index is 3.19. The molecule has 4 heteroatoms. The molecule has 0 saturated carbocycles. The smallest absolute Gasteiger partial charge is 0.137 e. The number of benzene rings is 1. The second kappa shape index (κ2) is 5.49. The van der Waals surface area contributed by atoms with E-state index >= 15 is 0 Å². The van der Waals surface area contributed by atoms with Crippen LogP contribution in [-0.2, 0) is 6.54 Å². The van der Waals surface area contributed by atoms with E-state index in [1.165, 1.54) is 5.56 Å². The molecule has 0 aliphatic carbocycles. The minimum Gasteiger partial charge on any atom is -0.495 e. The van der Waals surface area contributed by atoms with Crippen LogP contribution in [0.5, 0.6) is 5.75 Å². The second-order valence-electron chi connectivity index (χ2n) is 3.68. The third-order valence-corrected chi connectivity index (χ3v) is 2.87. The highest BCUT2D eigenvalue weighted by molar-refractivity contribution is 9.10. The van der Waals surface area contributed by atoms with Crippen molar-refractivity contribution in [2.75, 3.05) is 7.11 Å². The number of hydrogen-bond donors (Lipinski definition) is 2. The topological polar surface area (TPSA) is 41.5 Å². The van der Waals surface area contributed by atoms with E-state index in [4.69, 9.17) is 9.94 Å². The highest BCUT2D eigenvalue weighted by Crippen LogP contribution is 2.32. The monoisotopic (exact) mass is 273 g/mol. The highest BCUT2D eigenvalue weighted by atomic mass is 79.9. The van der Waals surface area contributed by atoms with Gasteiger partial charge in [-0.05, 0) is 33.5 Å². The molecule has 84 valence electrons. The fraction of sp³-hybridized carbons (Fsp3) is 0.455. The van der Waals surface area contributed by atoms with Gasteiger partial charge in [0, 0.05) is 12.1 Å². The van der Waals surface area contributed by atoms with Gasteiger partial charge in [0.25, 0.3) is 0 Å². The number of rotatable bonds is 4. The first-order chi connectivity index (χ1) is 7.10. The predicted octanol–water partition coefficient (Wildman–Crippen LogP) is 3.06. The number of halogens is 1. The maximum absolute atomic E-state index is 8.74. The van der Waals surface area contributed by atoms with E-state index in [-0.39, 0.29) is 0 Å². The normalized spacial score (nSPS) is 10.8. The summed E-state index contributed by atoms with van der Waals surface area (Å²) in [5.41, 5.74) is 4.31. The third-order valence-electron chi connectivity index (χ3n) is 2.28. The molecule has 2 N–H and O–H groups in total. The molecule has 1 aromatic rings. The predicted molar refractivity (Wildman–Crippen MR) is 63.4 cm³/mol. The van der Waals surface area contributed by atoms with Crippen LogP contribution in [0.4, 0.5) is 0 Å². The SMILES string of the molecule is COc1c(Br)cc(C(C)C)cc1CNO. The van der Waals surface area contributed by atoms with Gasteiger partial charge in [-0.1, -0.05) is 19.9 Å². The molecule has 0 spiro atoms.